The molecular formula is C17H21NO2. The van der Waals surface area contributed by atoms with Gasteiger partial charge in [0.2, 0.25) is 0 Å². The summed E-state index contributed by atoms with van der Waals surface area (Å²) in [4.78, 5) is 12.0. The number of nitrogens with zero attached hydrogens (tertiary/aromatic N) is 1. The third-order valence-electron chi connectivity index (χ3n) is 4.39. The van der Waals surface area contributed by atoms with E-state index in [0.29, 0.717) is 6.61 Å². The Morgan fingerprint density at radius 1 is 1.45 bits per heavy atom. The molecule has 106 valence electrons. The van der Waals surface area contributed by atoms with E-state index in [-0.39, 0.29) is 11.9 Å². The van der Waals surface area contributed by atoms with Crippen LogP contribution in [0.25, 0.3) is 10.9 Å². The van der Waals surface area contributed by atoms with Crippen LogP contribution < -0.4 is 0 Å². The van der Waals surface area contributed by atoms with Crippen LogP contribution >= 0.6 is 0 Å². The fourth-order valence-electron chi connectivity index (χ4n) is 3.35. The van der Waals surface area contributed by atoms with E-state index in [4.69, 9.17) is 4.74 Å². The molecule has 0 N–H and O–H groups in total. The van der Waals surface area contributed by atoms with Gasteiger partial charge in [-0.25, -0.2) is 0 Å². The van der Waals surface area contributed by atoms with E-state index in [1.165, 1.54) is 27.7 Å². The SMILES string of the molecule is CCOC(=O)C1CCc2c(c3cc(C)ccc3n2C)C1. The van der Waals surface area contributed by atoms with E-state index in [1.807, 2.05) is 6.92 Å². The second kappa shape index (κ2) is 4.97. The molecule has 1 heterocycles. The summed E-state index contributed by atoms with van der Waals surface area (Å²) < 4.78 is 7.48. The molecule has 1 aromatic carbocycles. The highest BCUT2D eigenvalue weighted by molar-refractivity contribution is 5.87. The molecule has 1 aliphatic rings. The first-order chi connectivity index (χ1) is 9.61. The van der Waals surface area contributed by atoms with Crippen molar-refractivity contribution in [1.82, 2.24) is 4.57 Å². The zero-order chi connectivity index (χ0) is 14.3. The minimum atomic E-state index is -0.0391. The summed E-state index contributed by atoms with van der Waals surface area (Å²) in [6.45, 7) is 4.45. The lowest BCUT2D eigenvalue weighted by Gasteiger charge is -2.21. The Kier molecular flexibility index (Phi) is 3.28. The van der Waals surface area contributed by atoms with Crippen LogP contribution in [-0.4, -0.2) is 17.1 Å². The molecule has 1 aliphatic carbocycles. The topological polar surface area (TPSA) is 31.2 Å². The van der Waals surface area contributed by atoms with Crippen molar-refractivity contribution < 1.29 is 9.53 Å². The smallest absolute Gasteiger partial charge is 0.309 e. The van der Waals surface area contributed by atoms with Gasteiger partial charge in [-0.2, -0.15) is 0 Å². The predicted octanol–water partition coefficient (Wildman–Crippen LogP) is 3.15. The standard InChI is InChI=1S/C17H21NO2/c1-4-20-17(19)12-6-8-16-14(10-12)13-9-11(2)5-7-15(13)18(16)3/h5,7,9,12H,4,6,8,10H2,1-3H3. The van der Waals surface area contributed by atoms with E-state index in [1.54, 1.807) is 0 Å². The lowest BCUT2D eigenvalue weighted by molar-refractivity contribution is -0.148. The minimum Gasteiger partial charge on any atom is -0.466 e. The van der Waals surface area contributed by atoms with E-state index in [2.05, 4.69) is 36.7 Å². The number of hydrogen-bond donors (Lipinski definition) is 0. The second-order valence-corrected chi connectivity index (χ2v) is 5.70. The van der Waals surface area contributed by atoms with E-state index < -0.39 is 0 Å². The molecular weight excluding hydrogens is 250 g/mol. The normalized spacial score (nSPS) is 18.1. The molecule has 0 saturated heterocycles. The quantitative estimate of drug-likeness (QED) is 0.786. The number of benzene rings is 1. The van der Waals surface area contributed by atoms with Gasteiger partial charge >= 0.3 is 5.97 Å². The van der Waals surface area contributed by atoms with Crippen molar-refractivity contribution in [3.05, 3.63) is 35.0 Å². The van der Waals surface area contributed by atoms with Crippen LogP contribution in [0, 0.1) is 12.8 Å². The van der Waals surface area contributed by atoms with E-state index in [0.717, 1.165) is 19.3 Å². The van der Waals surface area contributed by atoms with Crippen molar-refractivity contribution in [2.24, 2.45) is 13.0 Å². The summed E-state index contributed by atoms with van der Waals surface area (Å²) >= 11 is 0. The first-order valence-corrected chi connectivity index (χ1v) is 7.35. The maximum absolute atomic E-state index is 12.0. The van der Waals surface area contributed by atoms with Crippen LogP contribution in [0.3, 0.4) is 0 Å². The Labute approximate surface area is 119 Å². The fraction of sp³-hybridized carbons (Fsp3) is 0.471. The molecule has 2 aromatic rings. The van der Waals surface area contributed by atoms with Gasteiger partial charge in [0.05, 0.1) is 12.5 Å². The molecule has 1 aromatic heterocycles. The molecule has 1 atom stereocenters. The molecule has 0 radical (unpaired) electrons. The molecule has 3 heteroatoms. The Balaban J connectivity index is 2.04. The molecule has 1 unspecified atom stereocenters. The van der Waals surface area contributed by atoms with Gasteiger partial charge < -0.3 is 9.30 Å². The maximum atomic E-state index is 12.0. The Morgan fingerprint density at radius 3 is 3.00 bits per heavy atom. The highest BCUT2D eigenvalue weighted by Crippen LogP contribution is 2.34. The molecule has 0 amide bonds. The number of fused-ring (bicyclic) bond motifs is 3. The summed E-state index contributed by atoms with van der Waals surface area (Å²) in [7, 11) is 2.13. The van der Waals surface area contributed by atoms with Crippen molar-refractivity contribution in [3.8, 4) is 0 Å². The molecule has 20 heavy (non-hydrogen) atoms. The van der Waals surface area contributed by atoms with E-state index in [9.17, 15) is 4.79 Å². The monoisotopic (exact) mass is 271 g/mol. The number of esters is 1. The molecule has 0 saturated carbocycles. The van der Waals surface area contributed by atoms with Crippen LogP contribution in [0.2, 0.25) is 0 Å². The van der Waals surface area contributed by atoms with E-state index >= 15 is 0 Å². The summed E-state index contributed by atoms with van der Waals surface area (Å²) in [5, 5.41) is 1.30. The Hall–Kier alpha value is -1.77. The van der Waals surface area contributed by atoms with Crippen molar-refractivity contribution in [3.63, 3.8) is 0 Å². The van der Waals surface area contributed by atoms with Gasteiger partial charge in [-0.05, 0) is 50.8 Å². The summed E-state index contributed by atoms with van der Waals surface area (Å²) in [5.74, 6) is -0.0173. The lowest BCUT2D eigenvalue weighted by atomic mass is 9.86. The van der Waals surface area contributed by atoms with Gasteiger partial charge in [0.15, 0.2) is 0 Å². The molecule has 3 rings (SSSR count). The Bertz CT molecular complexity index is 669. The molecule has 0 bridgehead atoms. The fourth-order valence-corrected chi connectivity index (χ4v) is 3.35. The first kappa shape index (κ1) is 13.2. The van der Waals surface area contributed by atoms with Gasteiger partial charge in [-0.15, -0.1) is 0 Å². The minimum absolute atomic E-state index is 0.0218. The Morgan fingerprint density at radius 2 is 2.25 bits per heavy atom. The highest BCUT2D eigenvalue weighted by atomic mass is 16.5. The molecule has 0 fully saturated rings. The van der Waals surface area contributed by atoms with Crippen molar-refractivity contribution in [2.75, 3.05) is 6.61 Å². The third kappa shape index (κ3) is 2.01. The van der Waals surface area contributed by atoms with Crippen LogP contribution in [0.1, 0.15) is 30.2 Å². The first-order valence-electron chi connectivity index (χ1n) is 7.35. The number of rotatable bonds is 2. The summed E-state index contributed by atoms with van der Waals surface area (Å²) in [6, 6.07) is 6.57. The number of aryl methyl sites for hydroxylation is 2. The predicted molar refractivity (Wildman–Crippen MR) is 79.8 cm³/mol. The third-order valence-corrected chi connectivity index (χ3v) is 4.39. The number of carbonyl (C=O) groups excluding carboxylic acids is 1. The number of hydrogen-bond acceptors (Lipinski definition) is 2. The van der Waals surface area contributed by atoms with Gasteiger partial charge in [-0.1, -0.05) is 11.6 Å². The number of carbonyl (C=O) groups is 1. The highest BCUT2D eigenvalue weighted by Gasteiger charge is 2.29. The van der Waals surface area contributed by atoms with Crippen LogP contribution in [0.5, 0.6) is 0 Å². The molecule has 0 spiro atoms. The summed E-state index contributed by atoms with van der Waals surface area (Å²) in [6.07, 6.45) is 2.67. The van der Waals surface area contributed by atoms with Crippen LogP contribution in [0.4, 0.5) is 0 Å². The second-order valence-electron chi connectivity index (χ2n) is 5.70. The lowest BCUT2D eigenvalue weighted by Crippen LogP contribution is -2.25. The largest absolute Gasteiger partial charge is 0.466 e. The van der Waals surface area contributed by atoms with Crippen molar-refractivity contribution in [2.45, 2.75) is 33.1 Å². The van der Waals surface area contributed by atoms with Gasteiger partial charge in [0, 0.05) is 23.6 Å². The molecule has 3 nitrogen and oxygen atoms in total. The van der Waals surface area contributed by atoms with Crippen LogP contribution in [-0.2, 0) is 29.4 Å². The number of aromatic nitrogens is 1. The molecule has 0 aliphatic heterocycles. The average Bonchev–Trinajstić information content (AvgIpc) is 2.72. The van der Waals surface area contributed by atoms with Crippen LogP contribution in [0.15, 0.2) is 18.2 Å². The van der Waals surface area contributed by atoms with Gasteiger partial charge in [0.1, 0.15) is 0 Å². The van der Waals surface area contributed by atoms with Gasteiger partial charge in [-0.3, -0.25) is 4.79 Å². The zero-order valence-corrected chi connectivity index (χ0v) is 12.4. The maximum Gasteiger partial charge on any atom is 0.309 e. The van der Waals surface area contributed by atoms with Crippen molar-refractivity contribution in [1.29, 1.82) is 0 Å². The van der Waals surface area contributed by atoms with Crippen molar-refractivity contribution >= 4 is 16.9 Å². The van der Waals surface area contributed by atoms with Gasteiger partial charge in [0.25, 0.3) is 0 Å². The summed E-state index contributed by atoms with van der Waals surface area (Å²) in [5.41, 5.74) is 5.26. The zero-order valence-electron chi connectivity index (χ0n) is 12.4. The average molecular weight is 271 g/mol. The number of ether oxygens (including phenoxy) is 1.